The Morgan fingerprint density at radius 2 is 1.89 bits per heavy atom. The van der Waals surface area contributed by atoms with Crippen molar-refractivity contribution < 1.29 is 14.3 Å². The number of carbonyl (C=O) groups is 2. The molecule has 146 valence electrons. The van der Waals surface area contributed by atoms with Crippen LogP contribution in [0.2, 0.25) is 0 Å². The molecule has 0 saturated heterocycles. The highest BCUT2D eigenvalue weighted by Gasteiger charge is 2.20. The first-order chi connectivity index (χ1) is 13.3. The Balaban J connectivity index is 2.14. The Morgan fingerprint density at radius 1 is 1.21 bits per heavy atom. The second-order valence-corrected chi connectivity index (χ2v) is 7.33. The average molecular weight is 400 g/mol. The van der Waals surface area contributed by atoms with E-state index in [1.165, 1.54) is 4.57 Å². The number of benzene rings is 1. The highest BCUT2D eigenvalue weighted by Crippen LogP contribution is 2.27. The van der Waals surface area contributed by atoms with Crippen molar-refractivity contribution in [2.24, 2.45) is 11.5 Å². The molecule has 0 spiro atoms. The van der Waals surface area contributed by atoms with Crippen molar-refractivity contribution >= 4 is 33.4 Å². The van der Waals surface area contributed by atoms with Crippen molar-refractivity contribution in [2.75, 3.05) is 7.11 Å². The molecule has 0 atom stereocenters. The predicted molar refractivity (Wildman–Crippen MR) is 107 cm³/mol. The van der Waals surface area contributed by atoms with Crippen LogP contribution < -0.4 is 21.8 Å². The fraction of sp³-hybridized carbons (Fsp3) is 0.263. The number of aromatic nitrogens is 2. The van der Waals surface area contributed by atoms with Gasteiger partial charge in [-0.3, -0.25) is 19.0 Å². The maximum absolute atomic E-state index is 13.1. The van der Waals surface area contributed by atoms with Crippen molar-refractivity contribution in [3.63, 3.8) is 0 Å². The van der Waals surface area contributed by atoms with Gasteiger partial charge >= 0.3 is 0 Å². The molecule has 0 aliphatic rings. The monoisotopic (exact) mass is 400 g/mol. The zero-order chi connectivity index (χ0) is 20.4. The van der Waals surface area contributed by atoms with Crippen LogP contribution in [0.15, 0.2) is 29.1 Å². The van der Waals surface area contributed by atoms with Gasteiger partial charge in [-0.05, 0) is 30.2 Å². The Labute approximate surface area is 164 Å². The molecule has 0 saturated carbocycles. The van der Waals surface area contributed by atoms with Gasteiger partial charge in [0.15, 0.2) is 0 Å². The number of nitrogens with zero attached hydrogens (tertiary/aromatic N) is 2. The Kier molecular flexibility index (Phi) is 5.46. The van der Waals surface area contributed by atoms with E-state index in [9.17, 15) is 14.4 Å². The van der Waals surface area contributed by atoms with E-state index in [0.29, 0.717) is 32.9 Å². The number of amides is 2. The normalized spacial score (nSPS) is 10.9. The van der Waals surface area contributed by atoms with Crippen LogP contribution in [0.5, 0.6) is 5.75 Å². The molecular weight excluding hydrogens is 380 g/mol. The Morgan fingerprint density at radius 3 is 2.46 bits per heavy atom. The second kappa shape index (κ2) is 7.81. The first-order valence-electron chi connectivity index (χ1n) is 8.55. The van der Waals surface area contributed by atoms with Crippen LogP contribution in [0.25, 0.3) is 10.2 Å². The van der Waals surface area contributed by atoms with Gasteiger partial charge < -0.3 is 16.2 Å². The third-order valence-corrected chi connectivity index (χ3v) is 5.66. The minimum absolute atomic E-state index is 0.00850. The number of fused-ring (bicyclic) bond motifs is 1. The highest BCUT2D eigenvalue weighted by molar-refractivity contribution is 7.20. The number of carbonyl (C=O) groups excluding carboxylic acids is 2. The van der Waals surface area contributed by atoms with Crippen LogP contribution >= 0.6 is 11.3 Å². The summed E-state index contributed by atoms with van der Waals surface area (Å²) in [5.74, 6) is 0.0991. The summed E-state index contributed by atoms with van der Waals surface area (Å²) in [6.45, 7) is 1.79. The van der Waals surface area contributed by atoms with Gasteiger partial charge in [-0.1, -0.05) is 12.1 Å². The van der Waals surface area contributed by atoms with Gasteiger partial charge in [0.25, 0.3) is 11.5 Å². The molecule has 2 amide bonds. The van der Waals surface area contributed by atoms with Crippen molar-refractivity contribution in [2.45, 2.75) is 26.3 Å². The summed E-state index contributed by atoms with van der Waals surface area (Å²) >= 11 is 1.10. The molecule has 3 rings (SSSR count). The summed E-state index contributed by atoms with van der Waals surface area (Å²) in [4.78, 5) is 41.4. The van der Waals surface area contributed by atoms with Crippen LogP contribution in [0.1, 0.15) is 33.0 Å². The molecule has 0 radical (unpaired) electrons. The number of nitrogens with two attached hydrogens (primary N) is 2. The number of primary amides is 2. The average Bonchev–Trinajstić information content (AvgIpc) is 2.98. The molecule has 28 heavy (non-hydrogen) atoms. The van der Waals surface area contributed by atoms with Crippen LogP contribution in [-0.4, -0.2) is 28.5 Å². The van der Waals surface area contributed by atoms with Crippen molar-refractivity contribution in [1.29, 1.82) is 0 Å². The number of methoxy groups -OCH3 is 1. The quantitative estimate of drug-likeness (QED) is 0.618. The van der Waals surface area contributed by atoms with Gasteiger partial charge in [0, 0.05) is 19.4 Å². The summed E-state index contributed by atoms with van der Waals surface area (Å²) < 4.78 is 6.61. The van der Waals surface area contributed by atoms with Crippen LogP contribution in [0.4, 0.5) is 0 Å². The standard InChI is InChI=1S/C19H20N4O4S/c1-10-15-18(28-16(10)17(21)25)22-14(23(19(15)26)8-7-13(20)24)9-11-3-5-12(27-2)6-4-11/h3-6H,7-9H2,1-2H3,(H2,20,24)(H2,21,25). The minimum atomic E-state index is -0.597. The topological polar surface area (TPSA) is 130 Å². The van der Waals surface area contributed by atoms with E-state index in [0.717, 1.165) is 22.6 Å². The molecule has 0 unspecified atom stereocenters. The largest absolute Gasteiger partial charge is 0.497 e. The molecule has 2 heterocycles. The Hall–Kier alpha value is -3.20. The smallest absolute Gasteiger partial charge is 0.262 e. The lowest BCUT2D eigenvalue weighted by molar-refractivity contribution is -0.118. The minimum Gasteiger partial charge on any atom is -0.497 e. The summed E-state index contributed by atoms with van der Waals surface area (Å²) in [7, 11) is 1.58. The van der Waals surface area contributed by atoms with Crippen molar-refractivity contribution in [1.82, 2.24) is 9.55 Å². The highest BCUT2D eigenvalue weighted by atomic mass is 32.1. The number of rotatable bonds is 7. The third kappa shape index (κ3) is 3.74. The lowest BCUT2D eigenvalue weighted by atomic mass is 10.1. The summed E-state index contributed by atoms with van der Waals surface area (Å²) in [5, 5.41) is 0.349. The van der Waals surface area contributed by atoms with Crippen LogP contribution in [0, 0.1) is 6.92 Å². The van der Waals surface area contributed by atoms with Gasteiger partial charge in [0.2, 0.25) is 5.91 Å². The molecule has 0 aliphatic carbocycles. The van der Waals surface area contributed by atoms with Crippen LogP contribution in [0.3, 0.4) is 0 Å². The molecular formula is C19H20N4O4S. The number of thiophene rings is 1. The third-order valence-electron chi connectivity index (χ3n) is 4.46. The number of ether oxygens (including phenoxy) is 1. The van der Waals surface area contributed by atoms with Crippen LogP contribution in [-0.2, 0) is 17.8 Å². The molecule has 1 aromatic carbocycles. The maximum Gasteiger partial charge on any atom is 0.262 e. The summed E-state index contributed by atoms with van der Waals surface area (Å²) in [6, 6.07) is 7.39. The molecule has 0 fully saturated rings. The molecule has 0 aliphatic heterocycles. The number of aryl methyl sites for hydroxylation is 1. The lowest BCUT2D eigenvalue weighted by Gasteiger charge is -2.12. The zero-order valence-corrected chi connectivity index (χ0v) is 16.3. The van der Waals surface area contributed by atoms with Gasteiger partial charge in [0.1, 0.15) is 16.4 Å². The molecule has 0 bridgehead atoms. The van der Waals surface area contributed by atoms with Gasteiger partial charge in [-0.2, -0.15) is 0 Å². The maximum atomic E-state index is 13.1. The molecule has 3 aromatic rings. The van der Waals surface area contributed by atoms with E-state index in [4.69, 9.17) is 16.2 Å². The lowest BCUT2D eigenvalue weighted by Crippen LogP contribution is -2.28. The molecule has 9 heteroatoms. The first kappa shape index (κ1) is 19.6. The molecule has 4 N–H and O–H groups in total. The van der Waals surface area contributed by atoms with E-state index >= 15 is 0 Å². The molecule has 8 nitrogen and oxygen atoms in total. The number of hydrogen-bond acceptors (Lipinski definition) is 6. The van der Waals surface area contributed by atoms with E-state index in [2.05, 4.69) is 4.98 Å². The SMILES string of the molecule is COc1ccc(Cc2nc3sc(C(N)=O)c(C)c3c(=O)n2CCC(N)=O)cc1. The fourth-order valence-corrected chi connectivity index (χ4v) is 4.05. The first-order valence-corrected chi connectivity index (χ1v) is 9.37. The zero-order valence-electron chi connectivity index (χ0n) is 15.5. The van der Waals surface area contributed by atoms with Gasteiger partial charge in [0.05, 0.1) is 17.4 Å². The summed E-state index contributed by atoms with van der Waals surface area (Å²) in [6.07, 6.45) is 0.380. The van der Waals surface area contributed by atoms with E-state index in [1.54, 1.807) is 14.0 Å². The predicted octanol–water partition coefficient (Wildman–Crippen LogP) is 1.34. The van der Waals surface area contributed by atoms with Gasteiger partial charge in [-0.25, -0.2) is 4.98 Å². The van der Waals surface area contributed by atoms with E-state index in [1.807, 2.05) is 24.3 Å². The fourth-order valence-electron chi connectivity index (χ4n) is 3.01. The summed E-state index contributed by atoms with van der Waals surface area (Å²) in [5.41, 5.74) is 11.8. The van der Waals surface area contributed by atoms with E-state index < -0.39 is 11.8 Å². The van der Waals surface area contributed by atoms with Gasteiger partial charge in [-0.15, -0.1) is 11.3 Å². The Bertz CT molecular complexity index is 1120. The second-order valence-electron chi connectivity index (χ2n) is 6.33. The van der Waals surface area contributed by atoms with Crippen molar-refractivity contribution in [3.05, 3.63) is 56.4 Å². The van der Waals surface area contributed by atoms with Crippen molar-refractivity contribution in [3.8, 4) is 5.75 Å². The van der Waals surface area contributed by atoms with E-state index in [-0.39, 0.29) is 18.5 Å². The number of hydrogen-bond donors (Lipinski definition) is 2. The molecule has 2 aromatic heterocycles.